The largest absolute Gasteiger partial charge is 0.353 e. The molecule has 0 aliphatic rings. The first-order valence-electron chi connectivity index (χ1n) is 5.33. The third-order valence-electron chi connectivity index (χ3n) is 2.57. The molecule has 2 nitrogen and oxygen atoms in total. The molecule has 0 saturated heterocycles. The Bertz CT molecular complexity index is 630. The molecule has 0 heterocycles. The van der Waals surface area contributed by atoms with E-state index in [1.807, 2.05) is 6.07 Å². The maximum Gasteiger partial charge on any atom is 0.147 e. The lowest BCUT2D eigenvalue weighted by molar-refractivity contribution is 0.626. The van der Waals surface area contributed by atoms with E-state index in [-0.39, 0.29) is 11.3 Å². The van der Waals surface area contributed by atoms with Gasteiger partial charge in [0.1, 0.15) is 11.6 Å². The van der Waals surface area contributed by atoms with Crippen molar-refractivity contribution in [1.82, 2.24) is 0 Å². The molecule has 0 radical (unpaired) electrons. The van der Waals surface area contributed by atoms with E-state index >= 15 is 0 Å². The van der Waals surface area contributed by atoms with E-state index in [0.29, 0.717) is 5.69 Å². The zero-order valence-corrected chi connectivity index (χ0v) is 9.67. The fourth-order valence-corrected chi connectivity index (χ4v) is 1.56. The van der Waals surface area contributed by atoms with Crippen LogP contribution in [0.3, 0.4) is 0 Å². The van der Waals surface area contributed by atoms with Crippen LogP contribution in [0, 0.1) is 29.9 Å². The molecule has 0 aliphatic heterocycles. The highest BCUT2D eigenvalue weighted by molar-refractivity contribution is 5.64. The van der Waals surface area contributed by atoms with Crippen LogP contribution in [0.4, 0.5) is 20.2 Å². The Hall–Kier alpha value is -2.41. The van der Waals surface area contributed by atoms with Gasteiger partial charge in [-0.1, -0.05) is 6.07 Å². The van der Waals surface area contributed by atoms with Crippen molar-refractivity contribution in [2.75, 3.05) is 5.32 Å². The van der Waals surface area contributed by atoms with Crippen molar-refractivity contribution in [2.45, 2.75) is 6.92 Å². The van der Waals surface area contributed by atoms with E-state index in [1.54, 1.807) is 13.0 Å². The van der Waals surface area contributed by atoms with Gasteiger partial charge < -0.3 is 5.32 Å². The van der Waals surface area contributed by atoms with Crippen molar-refractivity contribution >= 4 is 11.4 Å². The first kappa shape index (κ1) is 12.1. The van der Waals surface area contributed by atoms with Crippen molar-refractivity contribution in [1.29, 1.82) is 5.26 Å². The van der Waals surface area contributed by atoms with E-state index in [4.69, 9.17) is 5.26 Å². The van der Waals surface area contributed by atoms with E-state index in [9.17, 15) is 8.78 Å². The summed E-state index contributed by atoms with van der Waals surface area (Å²) in [6.45, 7) is 1.79. The van der Waals surface area contributed by atoms with Crippen LogP contribution in [0.25, 0.3) is 0 Å². The Balaban J connectivity index is 2.34. The normalized spacial score (nSPS) is 9.89. The summed E-state index contributed by atoms with van der Waals surface area (Å²) < 4.78 is 26.7. The van der Waals surface area contributed by atoms with E-state index < -0.39 is 11.6 Å². The van der Waals surface area contributed by atoms with Crippen LogP contribution in [-0.4, -0.2) is 0 Å². The first-order valence-corrected chi connectivity index (χ1v) is 5.33. The minimum Gasteiger partial charge on any atom is -0.353 e. The predicted octanol–water partition coefficient (Wildman–Crippen LogP) is 3.89. The van der Waals surface area contributed by atoms with Gasteiger partial charge in [-0.3, -0.25) is 0 Å². The molecule has 0 fully saturated rings. The van der Waals surface area contributed by atoms with Crippen LogP contribution in [-0.2, 0) is 0 Å². The minimum absolute atomic E-state index is 0.211. The fraction of sp³-hybridized carbons (Fsp3) is 0.0714. The maximum absolute atomic E-state index is 13.6. The quantitative estimate of drug-likeness (QED) is 0.869. The number of nitrogens with one attached hydrogen (secondary N) is 1. The van der Waals surface area contributed by atoms with Crippen molar-refractivity contribution in [2.24, 2.45) is 0 Å². The monoisotopic (exact) mass is 244 g/mol. The predicted molar refractivity (Wildman–Crippen MR) is 65.5 cm³/mol. The number of aryl methyl sites for hydroxylation is 1. The number of benzene rings is 2. The molecule has 90 valence electrons. The number of anilines is 2. The second-order valence-corrected chi connectivity index (χ2v) is 3.89. The van der Waals surface area contributed by atoms with Gasteiger partial charge in [-0.05, 0) is 42.8 Å². The van der Waals surface area contributed by atoms with Gasteiger partial charge in [-0.25, -0.2) is 8.78 Å². The second kappa shape index (κ2) is 4.84. The lowest BCUT2D eigenvalue weighted by Gasteiger charge is -2.10. The average Bonchev–Trinajstić information content (AvgIpc) is 2.36. The zero-order chi connectivity index (χ0) is 13.1. The smallest absolute Gasteiger partial charge is 0.147 e. The molecule has 4 heteroatoms. The Labute approximate surface area is 103 Å². The third-order valence-corrected chi connectivity index (χ3v) is 2.57. The van der Waals surface area contributed by atoms with Gasteiger partial charge in [0.2, 0.25) is 0 Å². The summed E-state index contributed by atoms with van der Waals surface area (Å²) in [6, 6.07) is 10.2. The Morgan fingerprint density at radius 1 is 1.06 bits per heavy atom. The minimum atomic E-state index is -0.544. The van der Waals surface area contributed by atoms with Crippen molar-refractivity contribution in [3.05, 3.63) is 59.2 Å². The standard InChI is InChI=1S/C14H10F2N2/c1-9-2-4-11(15)7-14(9)18-13-5-3-10(8-17)6-12(13)16/h2-7,18H,1H3. The number of rotatable bonds is 2. The molecule has 0 aliphatic carbocycles. The number of nitrogens with zero attached hydrogens (tertiary/aromatic N) is 1. The highest BCUT2D eigenvalue weighted by atomic mass is 19.1. The van der Waals surface area contributed by atoms with Gasteiger partial charge in [-0.2, -0.15) is 5.26 Å². The fourth-order valence-electron chi connectivity index (χ4n) is 1.56. The molecule has 18 heavy (non-hydrogen) atoms. The highest BCUT2D eigenvalue weighted by Gasteiger charge is 2.06. The van der Waals surface area contributed by atoms with E-state index in [2.05, 4.69) is 5.32 Å². The molecule has 2 aromatic carbocycles. The number of hydrogen-bond acceptors (Lipinski definition) is 2. The molecule has 0 atom stereocenters. The second-order valence-electron chi connectivity index (χ2n) is 3.89. The molecule has 0 amide bonds. The summed E-state index contributed by atoms with van der Waals surface area (Å²) in [7, 11) is 0. The van der Waals surface area contributed by atoms with Crippen molar-refractivity contribution in [3.63, 3.8) is 0 Å². The summed E-state index contributed by atoms with van der Waals surface area (Å²) in [5.74, 6) is -0.935. The van der Waals surface area contributed by atoms with Gasteiger partial charge in [0.25, 0.3) is 0 Å². The molecule has 0 aromatic heterocycles. The first-order chi connectivity index (χ1) is 8.60. The van der Waals surface area contributed by atoms with Crippen molar-refractivity contribution in [3.8, 4) is 6.07 Å². The van der Waals surface area contributed by atoms with Gasteiger partial charge in [0.05, 0.1) is 17.3 Å². The topological polar surface area (TPSA) is 35.8 Å². The average molecular weight is 244 g/mol. The van der Waals surface area contributed by atoms with Gasteiger partial charge in [0.15, 0.2) is 0 Å². The van der Waals surface area contributed by atoms with Gasteiger partial charge in [0, 0.05) is 5.69 Å². The van der Waals surface area contributed by atoms with Crippen LogP contribution in [0.1, 0.15) is 11.1 Å². The van der Waals surface area contributed by atoms with Crippen LogP contribution < -0.4 is 5.32 Å². The SMILES string of the molecule is Cc1ccc(F)cc1Nc1ccc(C#N)cc1F. The van der Waals surface area contributed by atoms with Crippen LogP contribution >= 0.6 is 0 Å². The molecule has 2 aromatic rings. The summed E-state index contributed by atoms with van der Waals surface area (Å²) in [5.41, 5.74) is 1.76. The Morgan fingerprint density at radius 2 is 1.83 bits per heavy atom. The van der Waals surface area contributed by atoms with Gasteiger partial charge in [-0.15, -0.1) is 0 Å². The molecule has 0 saturated carbocycles. The Morgan fingerprint density at radius 3 is 2.50 bits per heavy atom. The summed E-state index contributed by atoms with van der Waals surface area (Å²) in [4.78, 5) is 0. The highest BCUT2D eigenvalue weighted by Crippen LogP contribution is 2.24. The summed E-state index contributed by atoms with van der Waals surface area (Å²) in [5, 5.41) is 11.4. The molecule has 0 spiro atoms. The number of hydrogen-bond donors (Lipinski definition) is 1. The van der Waals surface area contributed by atoms with E-state index in [1.165, 1.54) is 24.3 Å². The molecule has 2 rings (SSSR count). The Kier molecular flexibility index (Phi) is 3.24. The molecule has 1 N–H and O–H groups in total. The molecule has 0 bridgehead atoms. The van der Waals surface area contributed by atoms with Crippen molar-refractivity contribution < 1.29 is 8.78 Å². The van der Waals surface area contributed by atoms with Crippen LogP contribution in [0.15, 0.2) is 36.4 Å². The number of nitriles is 1. The number of halogens is 2. The molecular weight excluding hydrogens is 234 g/mol. The molecular formula is C14H10F2N2. The lowest BCUT2D eigenvalue weighted by Crippen LogP contribution is -1.97. The maximum atomic E-state index is 13.6. The molecule has 0 unspecified atom stereocenters. The summed E-state index contributed by atoms with van der Waals surface area (Å²) in [6.07, 6.45) is 0. The zero-order valence-electron chi connectivity index (χ0n) is 9.67. The van der Waals surface area contributed by atoms with Gasteiger partial charge >= 0.3 is 0 Å². The van der Waals surface area contributed by atoms with Crippen LogP contribution in [0.2, 0.25) is 0 Å². The summed E-state index contributed by atoms with van der Waals surface area (Å²) >= 11 is 0. The third kappa shape index (κ3) is 2.46. The van der Waals surface area contributed by atoms with E-state index in [0.717, 1.165) is 11.6 Å². The lowest BCUT2D eigenvalue weighted by atomic mass is 10.1. The van der Waals surface area contributed by atoms with Crippen LogP contribution in [0.5, 0.6) is 0 Å².